The summed E-state index contributed by atoms with van der Waals surface area (Å²) in [5.41, 5.74) is 13.0. The minimum absolute atomic E-state index is 1.11. The summed E-state index contributed by atoms with van der Waals surface area (Å²) < 4.78 is 0. The maximum Gasteiger partial charge on any atom is 0.0473 e. The zero-order valence-electron chi connectivity index (χ0n) is 23.8. The van der Waals surface area contributed by atoms with Crippen LogP contribution in [0.4, 0.5) is 17.1 Å². The molecule has 7 rings (SSSR count). The van der Waals surface area contributed by atoms with Crippen LogP contribution >= 0.6 is 0 Å². The van der Waals surface area contributed by atoms with Crippen LogP contribution in [0.2, 0.25) is 0 Å². The molecule has 0 aliphatic heterocycles. The molecule has 7 aromatic carbocycles. The SMILES string of the molecule is c1ccc(-c2ccc(-c3ccc(N(c4ccccc4)c4cc(-c5ccccc5)cc(-c5ccccc5)c4)cc3)cc2)cc1. The minimum Gasteiger partial charge on any atom is -0.310 e. The Morgan fingerprint density at radius 1 is 0.209 bits per heavy atom. The molecule has 0 radical (unpaired) electrons. The van der Waals surface area contributed by atoms with Crippen LogP contribution in [0.3, 0.4) is 0 Å². The maximum atomic E-state index is 2.35. The summed E-state index contributed by atoms with van der Waals surface area (Å²) in [7, 11) is 0. The highest BCUT2D eigenvalue weighted by molar-refractivity contribution is 5.85. The van der Waals surface area contributed by atoms with Gasteiger partial charge < -0.3 is 4.90 Å². The Labute approximate surface area is 254 Å². The highest BCUT2D eigenvalue weighted by atomic mass is 15.1. The molecule has 0 bridgehead atoms. The summed E-state index contributed by atoms with van der Waals surface area (Å²) in [6.07, 6.45) is 0. The van der Waals surface area contributed by atoms with Crippen LogP contribution in [-0.2, 0) is 0 Å². The molecule has 1 heteroatoms. The van der Waals surface area contributed by atoms with E-state index in [1.165, 1.54) is 44.5 Å². The third-order valence-corrected chi connectivity index (χ3v) is 7.86. The van der Waals surface area contributed by atoms with Crippen LogP contribution < -0.4 is 4.90 Å². The number of hydrogen-bond donors (Lipinski definition) is 0. The van der Waals surface area contributed by atoms with E-state index in [0.29, 0.717) is 0 Å². The van der Waals surface area contributed by atoms with Gasteiger partial charge in [0.2, 0.25) is 0 Å². The van der Waals surface area contributed by atoms with Crippen LogP contribution in [0.1, 0.15) is 0 Å². The highest BCUT2D eigenvalue weighted by Crippen LogP contribution is 2.40. The maximum absolute atomic E-state index is 2.35. The monoisotopic (exact) mass is 549 g/mol. The Morgan fingerprint density at radius 3 is 0.930 bits per heavy atom. The molecule has 0 saturated heterocycles. The summed E-state index contributed by atoms with van der Waals surface area (Å²) in [6, 6.07) is 67.0. The lowest BCUT2D eigenvalue weighted by Crippen LogP contribution is -2.10. The molecule has 43 heavy (non-hydrogen) atoms. The van der Waals surface area contributed by atoms with Crippen molar-refractivity contribution >= 4 is 17.1 Å². The van der Waals surface area contributed by atoms with Gasteiger partial charge in [-0.1, -0.05) is 146 Å². The van der Waals surface area contributed by atoms with Crippen LogP contribution in [0.5, 0.6) is 0 Å². The van der Waals surface area contributed by atoms with E-state index in [0.717, 1.165) is 17.1 Å². The van der Waals surface area contributed by atoms with E-state index >= 15 is 0 Å². The average Bonchev–Trinajstić information content (AvgIpc) is 3.10. The van der Waals surface area contributed by atoms with Crippen LogP contribution in [-0.4, -0.2) is 0 Å². The summed E-state index contributed by atoms with van der Waals surface area (Å²) in [5.74, 6) is 0. The fourth-order valence-corrected chi connectivity index (χ4v) is 5.65. The van der Waals surface area contributed by atoms with Crippen LogP contribution in [0, 0.1) is 0 Å². The second-order valence-electron chi connectivity index (χ2n) is 10.7. The van der Waals surface area contributed by atoms with Gasteiger partial charge in [0.25, 0.3) is 0 Å². The van der Waals surface area contributed by atoms with Crippen molar-refractivity contribution in [3.05, 3.63) is 188 Å². The van der Waals surface area contributed by atoms with Crippen molar-refractivity contribution in [2.45, 2.75) is 0 Å². The lowest BCUT2D eigenvalue weighted by molar-refractivity contribution is 1.28. The molecular formula is C42H31N. The standard InChI is InChI=1S/C42H31N/c1-5-13-32(14-6-1)35-21-23-36(24-22-35)37-25-27-41(28-26-37)43(40-19-11-4-12-20-40)42-30-38(33-15-7-2-8-16-33)29-39(31-42)34-17-9-3-10-18-34/h1-31H. The molecule has 0 spiro atoms. The molecule has 0 amide bonds. The molecule has 204 valence electrons. The summed E-state index contributed by atoms with van der Waals surface area (Å²) >= 11 is 0. The molecule has 0 heterocycles. The van der Waals surface area contributed by atoms with Crippen LogP contribution in [0.15, 0.2) is 188 Å². The Morgan fingerprint density at radius 2 is 0.512 bits per heavy atom. The number of rotatable bonds is 7. The zero-order valence-corrected chi connectivity index (χ0v) is 23.8. The largest absolute Gasteiger partial charge is 0.310 e. The van der Waals surface area contributed by atoms with Gasteiger partial charge in [0, 0.05) is 17.1 Å². The van der Waals surface area contributed by atoms with E-state index in [2.05, 4.69) is 193 Å². The number of hydrogen-bond acceptors (Lipinski definition) is 1. The highest BCUT2D eigenvalue weighted by Gasteiger charge is 2.16. The topological polar surface area (TPSA) is 3.24 Å². The predicted molar refractivity (Wildman–Crippen MR) is 183 cm³/mol. The number of anilines is 3. The number of nitrogens with zero attached hydrogens (tertiary/aromatic N) is 1. The van der Waals surface area contributed by atoms with Crippen molar-refractivity contribution in [3.8, 4) is 44.5 Å². The van der Waals surface area contributed by atoms with Crippen molar-refractivity contribution in [1.29, 1.82) is 0 Å². The number of para-hydroxylation sites is 1. The van der Waals surface area contributed by atoms with Crippen molar-refractivity contribution in [2.75, 3.05) is 4.90 Å². The van der Waals surface area contributed by atoms with Crippen molar-refractivity contribution in [1.82, 2.24) is 0 Å². The Hall–Kier alpha value is -5.66. The minimum atomic E-state index is 1.11. The van der Waals surface area contributed by atoms with Crippen LogP contribution in [0.25, 0.3) is 44.5 Å². The van der Waals surface area contributed by atoms with Gasteiger partial charge in [-0.2, -0.15) is 0 Å². The first-order valence-electron chi connectivity index (χ1n) is 14.7. The first-order valence-corrected chi connectivity index (χ1v) is 14.7. The molecule has 0 N–H and O–H groups in total. The average molecular weight is 550 g/mol. The van der Waals surface area contributed by atoms with Gasteiger partial charge >= 0.3 is 0 Å². The fraction of sp³-hybridized carbons (Fsp3) is 0. The number of benzene rings is 7. The van der Waals surface area contributed by atoms with Gasteiger partial charge in [0.15, 0.2) is 0 Å². The fourth-order valence-electron chi connectivity index (χ4n) is 5.65. The zero-order chi connectivity index (χ0) is 28.8. The third kappa shape index (κ3) is 5.75. The van der Waals surface area contributed by atoms with Crippen molar-refractivity contribution in [2.24, 2.45) is 0 Å². The normalized spacial score (nSPS) is 10.8. The van der Waals surface area contributed by atoms with Gasteiger partial charge in [-0.05, 0) is 87.0 Å². The second-order valence-corrected chi connectivity index (χ2v) is 10.7. The van der Waals surface area contributed by atoms with Gasteiger partial charge in [-0.25, -0.2) is 0 Å². The Kier molecular flexibility index (Phi) is 7.36. The van der Waals surface area contributed by atoms with Gasteiger partial charge in [0.1, 0.15) is 0 Å². The first kappa shape index (κ1) is 26.3. The molecule has 0 aromatic heterocycles. The summed E-state index contributed by atoms with van der Waals surface area (Å²) in [4.78, 5) is 2.35. The smallest absolute Gasteiger partial charge is 0.0473 e. The molecular weight excluding hydrogens is 518 g/mol. The van der Waals surface area contributed by atoms with E-state index in [1.54, 1.807) is 0 Å². The lowest BCUT2D eigenvalue weighted by atomic mass is 9.97. The van der Waals surface area contributed by atoms with E-state index in [9.17, 15) is 0 Å². The van der Waals surface area contributed by atoms with Gasteiger partial charge in [-0.3, -0.25) is 0 Å². The molecule has 1 nitrogen and oxygen atoms in total. The Bertz CT molecular complexity index is 1850. The van der Waals surface area contributed by atoms with E-state index in [-0.39, 0.29) is 0 Å². The third-order valence-electron chi connectivity index (χ3n) is 7.86. The van der Waals surface area contributed by atoms with Crippen molar-refractivity contribution < 1.29 is 0 Å². The van der Waals surface area contributed by atoms with Gasteiger partial charge in [-0.15, -0.1) is 0 Å². The Balaban J connectivity index is 1.30. The second kappa shape index (κ2) is 12.1. The molecule has 0 unspecified atom stereocenters. The molecule has 0 aliphatic rings. The molecule has 7 aromatic rings. The molecule has 0 atom stereocenters. The lowest BCUT2D eigenvalue weighted by Gasteiger charge is -2.27. The molecule has 0 fully saturated rings. The first-order chi connectivity index (χ1) is 21.3. The van der Waals surface area contributed by atoms with E-state index < -0.39 is 0 Å². The van der Waals surface area contributed by atoms with Gasteiger partial charge in [0.05, 0.1) is 0 Å². The molecule has 0 saturated carbocycles. The van der Waals surface area contributed by atoms with E-state index in [4.69, 9.17) is 0 Å². The quantitative estimate of drug-likeness (QED) is 0.191. The van der Waals surface area contributed by atoms with Crippen molar-refractivity contribution in [3.63, 3.8) is 0 Å². The molecule has 0 aliphatic carbocycles. The summed E-state index contributed by atoms with van der Waals surface area (Å²) in [6.45, 7) is 0. The summed E-state index contributed by atoms with van der Waals surface area (Å²) in [5, 5.41) is 0. The van der Waals surface area contributed by atoms with E-state index in [1.807, 2.05) is 0 Å². The predicted octanol–water partition coefficient (Wildman–Crippen LogP) is 11.8.